The molecule has 0 aromatic heterocycles. The van der Waals surface area contributed by atoms with Gasteiger partial charge in [-0.25, -0.2) is 4.39 Å². The summed E-state index contributed by atoms with van der Waals surface area (Å²) in [5, 5.41) is 0.819. The molecule has 0 saturated heterocycles. The van der Waals surface area contributed by atoms with E-state index in [1.54, 1.807) is 25.1 Å². The molecule has 0 aliphatic carbocycles. The zero-order chi connectivity index (χ0) is 14.2. The summed E-state index contributed by atoms with van der Waals surface area (Å²) in [7, 11) is 0. The Labute approximate surface area is 128 Å². The van der Waals surface area contributed by atoms with Gasteiger partial charge in [-0.2, -0.15) is 0 Å². The fraction of sp³-hybridized carbons (Fsp3) is 0.0714. The average molecular weight is 362 g/mol. The van der Waals surface area contributed by atoms with Gasteiger partial charge in [0.25, 0.3) is 0 Å². The van der Waals surface area contributed by atoms with E-state index in [-0.39, 0.29) is 10.6 Å². The van der Waals surface area contributed by atoms with Crippen LogP contribution < -0.4 is 0 Å². The maximum Gasteiger partial charge on any atom is 0.196 e. The molecule has 2 rings (SSSR count). The smallest absolute Gasteiger partial charge is 0.196 e. The number of benzene rings is 2. The fourth-order valence-corrected chi connectivity index (χ4v) is 2.43. The average Bonchev–Trinajstić information content (AvgIpc) is 2.33. The Balaban J connectivity index is 2.53. The van der Waals surface area contributed by atoms with E-state index in [2.05, 4.69) is 15.9 Å². The Morgan fingerprint density at radius 3 is 2.47 bits per heavy atom. The number of hydrogen-bond donors (Lipinski definition) is 0. The summed E-state index contributed by atoms with van der Waals surface area (Å²) in [6.07, 6.45) is 0. The van der Waals surface area contributed by atoms with Crippen LogP contribution in [0.2, 0.25) is 10.0 Å². The molecule has 0 aliphatic rings. The zero-order valence-electron chi connectivity index (χ0n) is 9.81. The highest BCUT2D eigenvalue weighted by Crippen LogP contribution is 2.28. The summed E-state index contributed by atoms with van der Waals surface area (Å²) in [4.78, 5) is 12.3. The molecule has 0 unspecified atom stereocenters. The predicted octanol–water partition coefficient (Wildman–Crippen LogP) is 5.43. The first-order valence-electron chi connectivity index (χ1n) is 5.35. The Kier molecular flexibility index (Phi) is 4.29. The lowest BCUT2D eigenvalue weighted by atomic mass is 9.99. The Morgan fingerprint density at radius 2 is 1.84 bits per heavy atom. The van der Waals surface area contributed by atoms with E-state index in [1.807, 2.05) is 0 Å². The molecule has 0 amide bonds. The molecule has 0 aliphatic heterocycles. The molecule has 0 bridgehead atoms. The summed E-state index contributed by atoms with van der Waals surface area (Å²) < 4.78 is 14.3. The maximum absolute atomic E-state index is 13.8. The molecule has 19 heavy (non-hydrogen) atoms. The minimum Gasteiger partial charge on any atom is -0.288 e. The van der Waals surface area contributed by atoms with Crippen LogP contribution in [0.25, 0.3) is 0 Å². The highest BCUT2D eigenvalue weighted by molar-refractivity contribution is 9.10. The first-order valence-corrected chi connectivity index (χ1v) is 6.90. The van der Waals surface area contributed by atoms with Crippen LogP contribution in [0, 0.1) is 12.7 Å². The summed E-state index contributed by atoms with van der Waals surface area (Å²) >= 11 is 14.8. The van der Waals surface area contributed by atoms with Crippen molar-refractivity contribution in [1.29, 1.82) is 0 Å². The van der Waals surface area contributed by atoms with Gasteiger partial charge in [0.05, 0.1) is 10.6 Å². The zero-order valence-corrected chi connectivity index (χ0v) is 12.9. The molecule has 1 nitrogen and oxygen atoms in total. The van der Waals surface area contributed by atoms with Gasteiger partial charge in [0, 0.05) is 15.1 Å². The van der Waals surface area contributed by atoms with Crippen molar-refractivity contribution in [3.63, 3.8) is 0 Å². The van der Waals surface area contributed by atoms with Gasteiger partial charge in [-0.15, -0.1) is 0 Å². The van der Waals surface area contributed by atoms with Gasteiger partial charge in [-0.05, 0) is 58.7 Å². The third-order valence-corrected chi connectivity index (χ3v) is 4.12. The SMILES string of the molecule is Cc1cc(Cl)ccc1C(=O)c1cc(Cl)c(Br)cc1F. The largest absolute Gasteiger partial charge is 0.288 e. The summed E-state index contributed by atoms with van der Waals surface area (Å²) in [6.45, 7) is 1.75. The quantitative estimate of drug-likeness (QED) is 0.514. The van der Waals surface area contributed by atoms with Gasteiger partial charge in [0.2, 0.25) is 0 Å². The second-order valence-corrected chi connectivity index (χ2v) is 5.73. The van der Waals surface area contributed by atoms with Crippen LogP contribution in [0.3, 0.4) is 0 Å². The predicted molar refractivity (Wildman–Crippen MR) is 78.7 cm³/mol. The molecule has 0 heterocycles. The third kappa shape index (κ3) is 2.99. The van der Waals surface area contributed by atoms with Crippen molar-refractivity contribution in [2.75, 3.05) is 0 Å². The van der Waals surface area contributed by atoms with Gasteiger partial charge >= 0.3 is 0 Å². The molecular formula is C14H8BrCl2FO. The molecule has 5 heteroatoms. The number of carbonyl (C=O) groups is 1. The van der Waals surface area contributed by atoms with Crippen molar-refractivity contribution in [3.05, 3.63) is 67.4 Å². The Hall–Kier alpha value is -0.900. The fourth-order valence-electron chi connectivity index (χ4n) is 1.72. The lowest BCUT2D eigenvalue weighted by molar-refractivity contribution is 0.103. The van der Waals surface area contributed by atoms with Gasteiger partial charge in [0.1, 0.15) is 5.82 Å². The van der Waals surface area contributed by atoms with E-state index < -0.39 is 11.6 Å². The highest BCUT2D eigenvalue weighted by atomic mass is 79.9. The van der Waals surface area contributed by atoms with E-state index in [0.29, 0.717) is 20.6 Å². The van der Waals surface area contributed by atoms with E-state index in [0.717, 1.165) is 0 Å². The first-order chi connectivity index (χ1) is 8.90. The van der Waals surface area contributed by atoms with Gasteiger partial charge in [-0.1, -0.05) is 23.2 Å². The second-order valence-electron chi connectivity index (χ2n) is 4.03. The second kappa shape index (κ2) is 5.61. The van der Waals surface area contributed by atoms with Crippen molar-refractivity contribution < 1.29 is 9.18 Å². The van der Waals surface area contributed by atoms with E-state index in [1.165, 1.54) is 12.1 Å². The molecule has 98 valence electrons. The third-order valence-electron chi connectivity index (χ3n) is 2.69. The van der Waals surface area contributed by atoms with Crippen LogP contribution in [-0.2, 0) is 0 Å². The number of rotatable bonds is 2. The first kappa shape index (κ1) is 14.5. The van der Waals surface area contributed by atoms with Crippen LogP contribution in [-0.4, -0.2) is 5.78 Å². The Bertz CT molecular complexity index is 671. The van der Waals surface area contributed by atoms with Gasteiger partial charge < -0.3 is 0 Å². The minimum atomic E-state index is -0.615. The van der Waals surface area contributed by atoms with Crippen LogP contribution in [0.1, 0.15) is 21.5 Å². The van der Waals surface area contributed by atoms with Crippen LogP contribution >= 0.6 is 39.1 Å². The maximum atomic E-state index is 13.8. The standard InChI is InChI=1S/C14H8BrCl2FO/c1-7-4-8(16)2-3-9(7)14(19)10-5-12(17)11(15)6-13(10)18/h2-6H,1H3. The lowest BCUT2D eigenvalue weighted by Crippen LogP contribution is -2.06. The molecule has 2 aromatic carbocycles. The topological polar surface area (TPSA) is 17.1 Å². The van der Waals surface area contributed by atoms with Crippen molar-refractivity contribution in [2.45, 2.75) is 6.92 Å². The van der Waals surface area contributed by atoms with E-state index in [9.17, 15) is 9.18 Å². The molecule has 0 saturated carbocycles. The summed E-state index contributed by atoms with van der Waals surface area (Å²) in [5.74, 6) is -1.03. The number of ketones is 1. The van der Waals surface area contributed by atoms with E-state index in [4.69, 9.17) is 23.2 Å². The molecule has 2 aromatic rings. The number of carbonyl (C=O) groups excluding carboxylic acids is 1. The number of halogens is 4. The monoisotopic (exact) mass is 360 g/mol. The van der Waals surface area contributed by atoms with Gasteiger partial charge in [-0.3, -0.25) is 4.79 Å². The van der Waals surface area contributed by atoms with Crippen molar-refractivity contribution >= 4 is 44.9 Å². The molecule has 0 fully saturated rings. The van der Waals surface area contributed by atoms with Gasteiger partial charge in [0.15, 0.2) is 5.78 Å². The van der Waals surface area contributed by atoms with Crippen molar-refractivity contribution in [3.8, 4) is 0 Å². The van der Waals surface area contributed by atoms with Crippen molar-refractivity contribution in [1.82, 2.24) is 0 Å². The van der Waals surface area contributed by atoms with Crippen molar-refractivity contribution in [2.24, 2.45) is 0 Å². The van der Waals surface area contributed by atoms with Crippen LogP contribution in [0.4, 0.5) is 4.39 Å². The number of hydrogen-bond acceptors (Lipinski definition) is 1. The number of aryl methyl sites for hydroxylation is 1. The highest BCUT2D eigenvalue weighted by Gasteiger charge is 2.18. The summed E-state index contributed by atoms with van der Waals surface area (Å²) in [5.41, 5.74) is 1.04. The molecule has 0 radical (unpaired) electrons. The molecule has 0 atom stereocenters. The molecular weight excluding hydrogens is 354 g/mol. The molecule has 0 spiro atoms. The molecule has 0 N–H and O–H groups in total. The van der Waals surface area contributed by atoms with E-state index >= 15 is 0 Å². The lowest BCUT2D eigenvalue weighted by Gasteiger charge is -2.08. The summed E-state index contributed by atoms with van der Waals surface area (Å²) in [6, 6.07) is 7.33. The van der Waals surface area contributed by atoms with Crippen LogP contribution in [0.15, 0.2) is 34.8 Å². The minimum absolute atomic E-state index is 0.0568. The Morgan fingerprint density at radius 1 is 1.16 bits per heavy atom. The normalized spacial score (nSPS) is 10.6. The van der Waals surface area contributed by atoms with Crippen LogP contribution in [0.5, 0.6) is 0 Å².